The lowest BCUT2D eigenvalue weighted by Gasteiger charge is -2.24. The van der Waals surface area contributed by atoms with Crippen molar-refractivity contribution in [3.8, 4) is 0 Å². The molecule has 1 aliphatic rings. The van der Waals surface area contributed by atoms with E-state index in [0.29, 0.717) is 34.6 Å². The summed E-state index contributed by atoms with van der Waals surface area (Å²) in [5, 5.41) is 3.53. The summed E-state index contributed by atoms with van der Waals surface area (Å²) in [5.41, 5.74) is 0.924. The van der Waals surface area contributed by atoms with Crippen LogP contribution in [0.1, 0.15) is 23.7 Å². The van der Waals surface area contributed by atoms with Crippen molar-refractivity contribution in [2.45, 2.75) is 25.9 Å². The van der Waals surface area contributed by atoms with E-state index in [0.717, 1.165) is 5.39 Å². The normalized spacial score (nSPS) is 18.0. The summed E-state index contributed by atoms with van der Waals surface area (Å²) < 4.78 is 7.06. The molecule has 1 aliphatic heterocycles. The van der Waals surface area contributed by atoms with Gasteiger partial charge < -0.3 is 19.5 Å². The smallest absolute Gasteiger partial charge is 0.339 e. The average molecular weight is 500 g/mol. The van der Waals surface area contributed by atoms with Gasteiger partial charge in [0, 0.05) is 24.3 Å². The molecular formula is C22H22BrN5O4. The SMILES string of the molecule is COC(=O)c1cnc2c(ccn2CC(=O)N2C[C@H](C)C[C@H]2C(=O)Nc2cccc(Br)n2)c1. The third-order valence-electron chi connectivity index (χ3n) is 5.43. The summed E-state index contributed by atoms with van der Waals surface area (Å²) in [7, 11) is 1.31. The number of carbonyl (C=O) groups is 3. The second-order valence-corrected chi connectivity index (χ2v) is 8.62. The van der Waals surface area contributed by atoms with Gasteiger partial charge in [-0.1, -0.05) is 13.0 Å². The van der Waals surface area contributed by atoms with Crippen LogP contribution in [0.3, 0.4) is 0 Å². The van der Waals surface area contributed by atoms with E-state index in [9.17, 15) is 14.4 Å². The van der Waals surface area contributed by atoms with Gasteiger partial charge in [-0.3, -0.25) is 9.59 Å². The molecule has 4 heterocycles. The van der Waals surface area contributed by atoms with Crippen molar-refractivity contribution in [1.29, 1.82) is 0 Å². The molecule has 0 unspecified atom stereocenters. The number of methoxy groups -OCH3 is 1. The number of nitrogens with one attached hydrogen (secondary N) is 1. The van der Waals surface area contributed by atoms with Gasteiger partial charge in [0.15, 0.2) is 0 Å². The van der Waals surface area contributed by atoms with Crippen molar-refractivity contribution in [1.82, 2.24) is 19.4 Å². The molecule has 0 saturated carbocycles. The third-order valence-corrected chi connectivity index (χ3v) is 5.87. The zero-order valence-electron chi connectivity index (χ0n) is 17.6. The zero-order valence-corrected chi connectivity index (χ0v) is 19.2. The number of amides is 2. The molecule has 2 atom stereocenters. The largest absolute Gasteiger partial charge is 0.465 e. The van der Waals surface area contributed by atoms with Crippen molar-refractivity contribution >= 4 is 50.6 Å². The Labute approximate surface area is 192 Å². The van der Waals surface area contributed by atoms with Crippen LogP contribution in [-0.4, -0.2) is 56.9 Å². The Morgan fingerprint density at radius 2 is 2.09 bits per heavy atom. The minimum atomic E-state index is -0.570. The number of esters is 1. The molecule has 0 spiro atoms. The molecule has 10 heteroatoms. The van der Waals surface area contributed by atoms with Gasteiger partial charge in [0.1, 0.15) is 28.7 Å². The van der Waals surface area contributed by atoms with Gasteiger partial charge in [-0.05, 0) is 52.5 Å². The van der Waals surface area contributed by atoms with Crippen LogP contribution in [0.5, 0.6) is 0 Å². The van der Waals surface area contributed by atoms with Gasteiger partial charge in [0.2, 0.25) is 11.8 Å². The summed E-state index contributed by atoms with van der Waals surface area (Å²) in [6.45, 7) is 2.56. The highest BCUT2D eigenvalue weighted by molar-refractivity contribution is 9.10. The van der Waals surface area contributed by atoms with Gasteiger partial charge in [-0.25, -0.2) is 14.8 Å². The Kier molecular flexibility index (Phi) is 6.22. The van der Waals surface area contributed by atoms with Gasteiger partial charge in [0.05, 0.1) is 12.7 Å². The van der Waals surface area contributed by atoms with Crippen molar-refractivity contribution in [3.63, 3.8) is 0 Å². The second-order valence-electron chi connectivity index (χ2n) is 7.81. The van der Waals surface area contributed by atoms with Crippen molar-refractivity contribution in [2.75, 3.05) is 19.0 Å². The number of pyridine rings is 2. The topological polar surface area (TPSA) is 106 Å². The first-order chi connectivity index (χ1) is 15.4. The average Bonchev–Trinajstić information content (AvgIpc) is 3.36. The molecule has 9 nitrogen and oxygen atoms in total. The number of hydrogen-bond donors (Lipinski definition) is 1. The number of nitrogens with zero attached hydrogens (tertiary/aromatic N) is 4. The molecule has 0 radical (unpaired) electrons. The van der Waals surface area contributed by atoms with Crippen LogP contribution in [0.15, 0.2) is 47.3 Å². The lowest BCUT2D eigenvalue weighted by molar-refractivity contribution is -0.137. The quantitative estimate of drug-likeness (QED) is 0.427. The number of rotatable bonds is 5. The van der Waals surface area contributed by atoms with Crippen LogP contribution < -0.4 is 5.32 Å². The highest BCUT2D eigenvalue weighted by Gasteiger charge is 2.38. The van der Waals surface area contributed by atoms with Crippen LogP contribution in [0.25, 0.3) is 11.0 Å². The fraction of sp³-hybridized carbons (Fsp3) is 0.318. The van der Waals surface area contributed by atoms with Crippen LogP contribution in [-0.2, 0) is 20.9 Å². The maximum Gasteiger partial charge on any atom is 0.339 e. The van der Waals surface area contributed by atoms with Crippen molar-refractivity contribution < 1.29 is 19.1 Å². The molecule has 0 bridgehead atoms. The van der Waals surface area contributed by atoms with E-state index in [1.165, 1.54) is 13.3 Å². The molecule has 1 N–H and O–H groups in total. The fourth-order valence-corrected chi connectivity index (χ4v) is 4.27. The first kappa shape index (κ1) is 21.9. The van der Waals surface area contributed by atoms with Crippen LogP contribution in [0, 0.1) is 5.92 Å². The Balaban J connectivity index is 1.50. The number of ether oxygens (including phenoxy) is 1. The molecule has 3 aromatic rings. The summed E-state index contributed by atoms with van der Waals surface area (Å²) in [6, 6.07) is 8.15. The Morgan fingerprint density at radius 1 is 1.28 bits per heavy atom. The maximum absolute atomic E-state index is 13.1. The fourth-order valence-electron chi connectivity index (χ4n) is 3.93. The number of fused-ring (bicyclic) bond motifs is 1. The predicted molar refractivity (Wildman–Crippen MR) is 121 cm³/mol. The van der Waals surface area contributed by atoms with Gasteiger partial charge in [-0.2, -0.15) is 0 Å². The van der Waals surface area contributed by atoms with E-state index in [1.807, 2.05) is 6.92 Å². The molecule has 4 rings (SSSR count). The van der Waals surface area contributed by atoms with E-state index in [2.05, 4.69) is 31.2 Å². The third kappa shape index (κ3) is 4.50. The van der Waals surface area contributed by atoms with Gasteiger partial charge in [-0.15, -0.1) is 0 Å². The number of likely N-dealkylation sites (tertiary alicyclic amines) is 1. The maximum atomic E-state index is 13.1. The van der Waals surface area contributed by atoms with E-state index < -0.39 is 12.0 Å². The summed E-state index contributed by atoms with van der Waals surface area (Å²) in [5.74, 6) is -0.270. The molecule has 3 aromatic heterocycles. The molecule has 2 amide bonds. The van der Waals surface area contributed by atoms with E-state index in [-0.39, 0.29) is 24.3 Å². The number of aromatic nitrogens is 3. The summed E-state index contributed by atoms with van der Waals surface area (Å²) >= 11 is 3.29. The number of halogens is 1. The van der Waals surface area contributed by atoms with E-state index >= 15 is 0 Å². The predicted octanol–water partition coefficient (Wildman–Crippen LogP) is 2.86. The van der Waals surface area contributed by atoms with E-state index in [4.69, 9.17) is 4.74 Å². The van der Waals surface area contributed by atoms with Crippen molar-refractivity contribution in [2.24, 2.45) is 5.92 Å². The Morgan fingerprint density at radius 3 is 2.84 bits per heavy atom. The van der Waals surface area contributed by atoms with Crippen molar-refractivity contribution in [3.05, 3.63) is 52.9 Å². The molecule has 32 heavy (non-hydrogen) atoms. The molecule has 0 aliphatic carbocycles. The zero-order chi connectivity index (χ0) is 22.8. The lowest BCUT2D eigenvalue weighted by Crippen LogP contribution is -2.44. The molecule has 0 aromatic carbocycles. The minimum Gasteiger partial charge on any atom is -0.465 e. The molecular weight excluding hydrogens is 478 g/mol. The standard InChI is InChI=1S/C22H22BrN5O4/c1-13-8-16(21(30)26-18-5-3-4-17(23)25-18)28(11-13)19(29)12-27-7-6-14-9-15(22(31)32-2)10-24-20(14)27/h3-7,9-10,13,16H,8,11-12H2,1-2H3,(H,25,26,30)/t13-,16+/m1/s1. The monoisotopic (exact) mass is 499 g/mol. The number of hydrogen-bond acceptors (Lipinski definition) is 6. The molecule has 166 valence electrons. The summed E-state index contributed by atoms with van der Waals surface area (Å²) in [4.78, 5) is 47.9. The summed E-state index contributed by atoms with van der Waals surface area (Å²) in [6.07, 6.45) is 3.75. The first-order valence-corrected chi connectivity index (χ1v) is 10.9. The van der Waals surface area contributed by atoms with Crippen LogP contribution >= 0.6 is 15.9 Å². The van der Waals surface area contributed by atoms with Gasteiger partial charge >= 0.3 is 5.97 Å². The van der Waals surface area contributed by atoms with Crippen LogP contribution in [0.4, 0.5) is 5.82 Å². The minimum absolute atomic E-state index is 0.0414. The molecule has 1 saturated heterocycles. The van der Waals surface area contributed by atoms with Gasteiger partial charge in [0.25, 0.3) is 0 Å². The Bertz CT molecular complexity index is 1190. The highest BCUT2D eigenvalue weighted by atomic mass is 79.9. The number of anilines is 1. The first-order valence-electron chi connectivity index (χ1n) is 10.1. The second kappa shape index (κ2) is 9.07. The Hall–Kier alpha value is -3.27. The molecule has 1 fully saturated rings. The lowest BCUT2D eigenvalue weighted by atomic mass is 10.1. The van der Waals surface area contributed by atoms with Crippen LogP contribution in [0.2, 0.25) is 0 Å². The highest BCUT2D eigenvalue weighted by Crippen LogP contribution is 2.25. The van der Waals surface area contributed by atoms with E-state index in [1.54, 1.807) is 46.0 Å². The number of carbonyl (C=O) groups excluding carboxylic acids is 3.